The van der Waals surface area contributed by atoms with E-state index in [0.717, 1.165) is 27.7 Å². The highest BCUT2D eigenvalue weighted by Gasteiger charge is 2.14. The molecule has 3 rings (SSSR count). The first-order valence-corrected chi connectivity index (χ1v) is 7.82. The monoisotopic (exact) mass is 312 g/mol. The molecule has 2 heterocycles. The Bertz CT molecular complexity index is 833. The second kappa shape index (κ2) is 5.77. The summed E-state index contributed by atoms with van der Waals surface area (Å²) in [4.78, 5) is 16.8. The third kappa shape index (κ3) is 2.94. The van der Waals surface area contributed by atoms with Crippen LogP contribution in [0.1, 0.15) is 26.9 Å². The van der Waals surface area contributed by atoms with Crippen molar-refractivity contribution < 1.29 is 9.21 Å². The van der Waals surface area contributed by atoms with Crippen LogP contribution < -0.4 is 5.32 Å². The fraction of sp³-hybridized carbons (Fsp3) is 0.176. The highest BCUT2D eigenvalue weighted by molar-refractivity contribution is 7.09. The maximum atomic E-state index is 12.3. The number of carbonyl (C=O) groups is 1. The van der Waals surface area contributed by atoms with Crippen molar-refractivity contribution in [3.8, 4) is 11.3 Å². The molecular weight excluding hydrogens is 296 g/mol. The van der Waals surface area contributed by atoms with Crippen LogP contribution in [0.2, 0.25) is 0 Å². The Morgan fingerprint density at radius 2 is 2.05 bits per heavy atom. The number of nitrogens with one attached hydrogen (secondary N) is 1. The number of aromatic nitrogens is 1. The fourth-order valence-corrected chi connectivity index (χ4v) is 2.93. The predicted octanol–water partition coefficient (Wildman–Crippen LogP) is 4.58. The molecule has 1 N–H and O–H groups in total. The lowest BCUT2D eigenvalue weighted by atomic mass is 10.1. The fourth-order valence-electron chi connectivity index (χ4n) is 2.31. The van der Waals surface area contributed by atoms with Crippen LogP contribution in [0.5, 0.6) is 0 Å². The first-order chi connectivity index (χ1) is 10.5. The first-order valence-electron chi connectivity index (χ1n) is 6.94. The Hall–Kier alpha value is -2.40. The van der Waals surface area contributed by atoms with Crippen molar-refractivity contribution in [2.75, 3.05) is 5.32 Å². The number of nitrogens with zero attached hydrogens (tertiary/aromatic N) is 1. The molecule has 112 valence electrons. The van der Waals surface area contributed by atoms with Gasteiger partial charge in [-0.1, -0.05) is 12.1 Å². The molecule has 0 unspecified atom stereocenters. The lowest BCUT2D eigenvalue weighted by molar-refractivity contribution is 0.102. The molecule has 2 aromatic heterocycles. The standard InChI is InChI=1S/C17H16N2O2S/c1-10-7-15(11(2)21-10)17(20)19-14-6-4-5-13(8-14)16-9-22-12(3)18-16/h4-9H,1-3H3,(H,19,20). The van der Waals surface area contributed by atoms with Gasteiger partial charge in [-0.05, 0) is 39.0 Å². The van der Waals surface area contributed by atoms with Gasteiger partial charge in [-0.2, -0.15) is 0 Å². The van der Waals surface area contributed by atoms with E-state index in [-0.39, 0.29) is 5.91 Å². The summed E-state index contributed by atoms with van der Waals surface area (Å²) in [6, 6.07) is 9.43. The Labute approximate surface area is 132 Å². The number of thiazole rings is 1. The average molecular weight is 312 g/mol. The van der Waals surface area contributed by atoms with Gasteiger partial charge in [-0.25, -0.2) is 4.98 Å². The van der Waals surface area contributed by atoms with Crippen molar-refractivity contribution in [3.63, 3.8) is 0 Å². The summed E-state index contributed by atoms with van der Waals surface area (Å²) >= 11 is 1.61. The molecule has 0 spiro atoms. The molecule has 0 aliphatic heterocycles. The van der Waals surface area contributed by atoms with E-state index < -0.39 is 0 Å². The number of aryl methyl sites for hydroxylation is 3. The lowest BCUT2D eigenvalue weighted by Crippen LogP contribution is -2.12. The minimum atomic E-state index is -0.166. The van der Waals surface area contributed by atoms with Crippen molar-refractivity contribution in [3.05, 3.63) is 57.8 Å². The van der Waals surface area contributed by atoms with Crippen molar-refractivity contribution in [2.45, 2.75) is 20.8 Å². The Balaban J connectivity index is 1.84. The number of furan rings is 1. The third-order valence-electron chi connectivity index (χ3n) is 3.32. The maximum Gasteiger partial charge on any atom is 0.259 e. The van der Waals surface area contributed by atoms with Crippen LogP contribution in [0.3, 0.4) is 0 Å². The molecule has 0 bridgehead atoms. The highest BCUT2D eigenvalue weighted by atomic mass is 32.1. The molecular formula is C17H16N2O2S. The van der Waals surface area contributed by atoms with Crippen LogP contribution >= 0.6 is 11.3 Å². The largest absolute Gasteiger partial charge is 0.466 e. The molecule has 0 radical (unpaired) electrons. The van der Waals surface area contributed by atoms with Crippen LogP contribution in [0.25, 0.3) is 11.3 Å². The molecule has 1 amide bonds. The second-order valence-corrected chi connectivity index (χ2v) is 6.18. The molecule has 0 aliphatic carbocycles. The van der Waals surface area contributed by atoms with Gasteiger partial charge < -0.3 is 9.73 Å². The summed E-state index contributed by atoms with van der Waals surface area (Å²) in [5, 5.41) is 5.94. The molecule has 0 atom stereocenters. The van der Waals surface area contributed by atoms with Gasteiger partial charge in [0.05, 0.1) is 16.3 Å². The average Bonchev–Trinajstić information content (AvgIpc) is 3.05. The Kier molecular flexibility index (Phi) is 3.81. The van der Waals surface area contributed by atoms with Gasteiger partial charge in [0.25, 0.3) is 5.91 Å². The van der Waals surface area contributed by atoms with Crippen molar-refractivity contribution in [1.82, 2.24) is 4.98 Å². The van der Waals surface area contributed by atoms with E-state index in [1.54, 1.807) is 24.3 Å². The van der Waals surface area contributed by atoms with Gasteiger partial charge in [-0.3, -0.25) is 4.79 Å². The van der Waals surface area contributed by atoms with Crippen LogP contribution in [-0.4, -0.2) is 10.9 Å². The van der Waals surface area contributed by atoms with Crippen molar-refractivity contribution in [2.24, 2.45) is 0 Å². The SMILES string of the molecule is Cc1cc(C(=O)Nc2cccc(-c3csc(C)n3)c2)c(C)o1. The zero-order chi connectivity index (χ0) is 15.7. The molecule has 0 aliphatic rings. The summed E-state index contributed by atoms with van der Waals surface area (Å²) < 4.78 is 5.40. The Morgan fingerprint density at radius 1 is 1.23 bits per heavy atom. The zero-order valence-corrected chi connectivity index (χ0v) is 13.5. The summed E-state index contributed by atoms with van der Waals surface area (Å²) in [7, 11) is 0. The molecule has 1 aromatic carbocycles. The van der Waals surface area contributed by atoms with Gasteiger partial charge >= 0.3 is 0 Å². The molecule has 0 saturated carbocycles. The lowest BCUT2D eigenvalue weighted by Gasteiger charge is -2.06. The second-order valence-electron chi connectivity index (χ2n) is 5.11. The summed E-state index contributed by atoms with van der Waals surface area (Å²) in [6.07, 6.45) is 0. The third-order valence-corrected chi connectivity index (χ3v) is 4.09. The van der Waals surface area contributed by atoms with E-state index in [1.807, 2.05) is 43.5 Å². The van der Waals surface area contributed by atoms with E-state index in [1.165, 1.54) is 0 Å². The van der Waals surface area contributed by atoms with Crippen LogP contribution in [0.15, 0.2) is 40.1 Å². The number of anilines is 1. The molecule has 0 fully saturated rings. The smallest absolute Gasteiger partial charge is 0.259 e. The molecule has 22 heavy (non-hydrogen) atoms. The number of hydrogen-bond donors (Lipinski definition) is 1. The van der Waals surface area contributed by atoms with Crippen LogP contribution in [-0.2, 0) is 0 Å². The topological polar surface area (TPSA) is 55.1 Å². The van der Waals surface area contributed by atoms with Gasteiger partial charge in [0.2, 0.25) is 0 Å². The van der Waals surface area contributed by atoms with Crippen LogP contribution in [0.4, 0.5) is 5.69 Å². The van der Waals surface area contributed by atoms with Crippen LogP contribution in [0, 0.1) is 20.8 Å². The first kappa shape index (κ1) is 14.5. The molecule has 3 aromatic rings. The summed E-state index contributed by atoms with van der Waals surface area (Å²) in [5.41, 5.74) is 3.22. The van der Waals surface area contributed by atoms with Gasteiger partial charge in [0.1, 0.15) is 11.5 Å². The summed E-state index contributed by atoms with van der Waals surface area (Å²) in [6.45, 7) is 5.59. The van der Waals surface area contributed by atoms with E-state index in [2.05, 4.69) is 10.3 Å². The number of benzene rings is 1. The normalized spacial score (nSPS) is 10.7. The Morgan fingerprint density at radius 3 is 2.68 bits per heavy atom. The number of amides is 1. The summed E-state index contributed by atoms with van der Waals surface area (Å²) in [5.74, 6) is 1.19. The predicted molar refractivity (Wildman–Crippen MR) is 88.4 cm³/mol. The maximum absolute atomic E-state index is 12.3. The van der Waals surface area contributed by atoms with Crippen molar-refractivity contribution >= 4 is 22.9 Å². The van der Waals surface area contributed by atoms with E-state index in [4.69, 9.17) is 4.42 Å². The quantitative estimate of drug-likeness (QED) is 0.770. The van der Waals surface area contributed by atoms with Gasteiger partial charge in [0, 0.05) is 16.6 Å². The van der Waals surface area contributed by atoms with Crippen molar-refractivity contribution in [1.29, 1.82) is 0 Å². The molecule has 4 nitrogen and oxygen atoms in total. The van der Waals surface area contributed by atoms with E-state index >= 15 is 0 Å². The number of carbonyl (C=O) groups excluding carboxylic acids is 1. The minimum absolute atomic E-state index is 0.166. The van der Waals surface area contributed by atoms with Gasteiger partial charge in [-0.15, -0.1) is 11.3 Å². The minimum Gasteiger partial charge on any atom is -0.466 e. The number of rotatable bonds is 3. The van der Waals surface area contributed by atoms with Gasteiger partial charge in [0.15, 0.2) is 0 Å². The number of hydrogen-bond acceptors (Lipinski definition) is 4. The molecule has 5 heteroatoms. The van der Waals surface area contributed by atoms with E-state index in [0.29, 0.717) is 11.3 Å². The highest BCUT2D eigenvalue weighted by Crippen LogP contribution is 2.24. The van der Waals surface area contributed by atoms with E-state index in [9.17, 15) is 4.79 Å². The molecule has 0 saturated heterocycles. The zero-order valence-electron chi connectivity index (χ0n) is 12.6.